The molecule has 0 fully saturated rings. The van der Waals surface area contributed by atoms with Crippen molar-refractivity contribution in [3.8, 4) is 5.75 Å². The summed E-state index contributed by atoms with van der Waals surface area (Å²) in [6.07, 6.45) is 0. The third-order valence-electron chi connectivity index (χ3n) is 3.85. The number of hydrogen-bond donors (Lipinski definition) is 1. The van der Waals surface area contributed by atoms with Crippen molar-refractivity contribution >= 4 is 29.3 Å². The minimum Gasteiger partial charge on any atom is -0.467 e. The molecular weight excluding hydrogens is 366 g/mol. The molecule has 0 saturated carbocycles. The zero-order valence-electron chi connectivity index (χ0n) is 15.0. The Hall–Kier alpha value is -2.51. The van der Waals surface area contributed by atoms with E-state index in [1.165, 1.54) is 11.8 Å². The lowest BCUT2D eigenvalue weighted by Gasteiger charge is -2.21. The monoisotopic (exact) mass is 387 g/mol. The molecule has 2 aromatic carbocycles. The van der Waals surface area contributed by atoms with Crippen molar-refractivity contribution in [2.24, 2.45) is 0 Å². The number of para-hydroxylation sites is 1. The number of benzene rings is 2. The van der Waals surface area contributed by atoms with Crippen LogP contribution in [-0.4, -0.2) is 31.0 Å². The van der Waals surface area contributed by atoms with E-state index >= 15 is 0 Å². The Kier molecular flexibility index (Phi) is 6.73. The average Bonchev–Trinajstić information content (AvgIpc) is 2.68. The highest BCUT2D eigenvalue weighted by Gasteiger charge is 2.20. The third-order valence-corrected chi connectivity index (χ3v) is 4.83. The Morgan fingerprint density at radius 2 is 2.04 bits per heavy atom. The predicted molar refractivity (Wildman–Crippen MR) is 104 cm³/mol. The molecule has 0 radical (unpaired) electrons. The van der Waals surface area contributed by atoms with Gasteiger partial charge in [-0.05, 0) is 31.2 Å². The molecule has 0 saturated heterocycles. The first kappa shape index (κ1) is 19.3. The van der Waals surface area contributed by atoms with Crippen LogP contribution in [0.5, 0.6) is 5.75 Å². The molecule has 0 bridgehead atoms. The van der Waals surface area contributed by atoms with Gasteiger partial charge < -0.3 is 19.5 Å². The quantitative estimate of drug-likeness (QED) is 0.732. The van der Waals surface area contributed by atoms with Crippen LogP contribution in [0.3, 0.4) is 0 Å². The molecular formula is C20H21NO5S. The van der Waals surface area contributed by atoms with E-state index in [2.05, 4.69) is 5.32 Å². The van der Waals surface area contributed by atoms with Crippen LogP contribution in [0, 0.1) is 0 Å². The van der Waals surface area contributed by atoms with Crippen LogP contribution in [-0.2, 0) is 26.6 Å². The van der Waals surface area contributed by atoms with Gasteiger partial charge in [-0.3, -0.25) is 4.79 Å². The SMILES string of the molecule is CCOC(=O)c1cc2c(c(CSCC(=O)Nc3ccccc3)c1)OCOC2. The number of fused-ring (bicyclic) bond motifs is 1. The zero-order chi connectivity index (χ0) is 19.1. The second-order valence-electron chi connectivity index (χ2n) is 5.86. The summed E-state index contributed by atoms with van der Waals surface area (Å²) in [6.45, 7) is 2.64. The Bertz CT molecular complexity index is 810. The summed E-state index contributed by atoms with van der Waals surface area (Å²) in [5.74, 6) is 1.11. The fourth-order valence-electron chi connectivity index (χ4n) is 2.71. The molecule has 0 spiro atoms. The second kappa shape index (κ2) is 9.43. The number of ether oxygens (including phenoxy) is 3. The van der Waals surface area contributed by atoms with Crippen molar-refractivity contribution in [3.63, 3.8) is 0 Å². The van der Waals surface area contributed by atoms with E-state index in [4.69, 9.17) is 14.2 Å². The topological polar surface area (TPSA) is 73.9 Å². The van der Waals surface area contributed by atoms with Gasteiger partial charge in [0, 0.05) is 22.6 Å². The number of amides is 1. The van der Waals surface area contributed by atoms with Crippen molar-refractivity contribution in [3.05, 3.63) is 59.2 Å². The minimum atomic E-state index is -0.376. The van der Waals surface area contributed by atoms with Crippen LogP contribution in [0.2, 0.25) is 0 Å². The van der Waals surface area contributed by atoms with Gasteiger partial charge in [-0.15, -0.1) is 11.8 Å². The maximum absolute atomic E-state index is 12.1. The lowest BCUT2D eigenvalue weighted by atomic mass is 10.0. The van der Waals surface area contributed by atoms with Gasteiger partial charge in [0.15, 0.2) is 6.79 Å². The number of thioether (sulfide) groups is 1. The first-order valence-electron chi connectivity index (χ1n) is 8.63. The molecule has 27 heavy (non-hydrogen) atoms. The molecule has 1 aliphatic heterocycles. The average molecular weight is 387 g/mol. The largest absolute Gasteiger partial charge is 0.467 e. The number of esters is 1. The Morgan fingerprint density at radius 1 is 1.22 bits per heavy atom. The molecule has 0 atom stereocenters. The van der Waals surface area contributed by atoms with E-state index < -0.39 is 0 Å². The highest BCUT2D eigenvalue weighted by atomic mass is 32.2. The van der Waals surface area contributed by atoms with Crippen molar-refractivity contribution < 1.29 is 23.8 Å². The van der Waals surface area contributed by atoms with Gasteiger partial charge in [0.1, 0.15) is 5.75 Å². The zero-order valence-corrected chi connectivity index (χ0v) is 15.8. The maximum Gasteiger partial charge on any atom is 0.338 e. The number of carbonyl (C=O) groups excluding carboxylic acids is 2. The lowest BCUT2D eigenvalue weighted by Crippen LogP contribution is -2.16. The first-order chi connectivity index (χ1) is 13.2. The van der Waals surface area contributed by atoms with E-state index in [0.717, 1.165) is 22.6 Å². The Morgan fingerprint density at radius 3 is 2.81 bits per heavy atom. The number of hydrogen-bond acceptors (Lipinski definition) is 6. The van der Waals surface area contributed by atoms with Crippen LogP contribution in [0.25, 0.3) is 0 Å². The maximum atomic E-state index is 12.1. The van der Waals surface area contributed by atoms with E-state index in [-0.39, 0.29) is 18.7 Å². The summed E-state index contributed by atoms with van der Waals surface area (Å²) >= 11 is 1.46. The number of carbonyl (C=O) groups is 2. The molecule has 1 amide bonds. The van der Waals surface area contributed by atoms with Crippen molar-refractivity contribution in [1.82, 2.24) is 0 Å². The fraction of sp³-hybridized carbons (Fsp3) is 0.300. The molecule has 1 aliphatic rings. The summed E-state index contributed by atoms with van der Waals surface area (Å²) in [7, 11) is 0. The van der Waals surface area contributed by atoms with E-state index in [0.29, 0.717) is 30.3 Å². The van der Waals surface area contributed by atoms with E-state index in [9.17, 15) is 9.59 Å². The summed E-state index contributed by atoms with van der Waals surface area (Å²) in [5, 5.41) is 2.85. The minimum absolute atomic E-state index is 0.0779. The number of anilines is 1. The van der Waals surface area contributed by atoms with Crippen LogP contribution in [0.15, 0.2) is 42.5 Å². The second-order valence-corrected chi connectivity index (χ2v) is 6.85. The van der Waals surface area contributed by atoms with Crippen LogP contribution < -0.4 is 10.1 Å². The summed E-state index contributed by atoms with van der Waals surface area (Å²) in [4.78, 5) is 24.2. The van der Waals surface area contributed by atoms with Crippen molar-refractivity contribution in [1.29, 1.82) is 0 Å². The summed E-state index contributed by atoms with van der Waals surface area (Å²) in [5.41, 5.74) is 2.91. The summed E-state index contributed by atoms with van der Waals surface area (Å²) in [6, 6.07) is 12.8. The van der Waals surface area contributed by atoms with Crippen LogP contribution in [0.1, 0.15) is 28.4 Å². The molecule has 0 aromatic heterocycles. The predicted octanol–water partition coefficient (Wildman–Crippen LogP) is 3.60. The molecule has 1 N–H and O–H groups in total. The standard InChI is InChI=1S/C20H21NO5S/c1-2-25-20(23)14-8-15-10-24-13-26-19(15)16(9-14)11-27-12-18(22)21-17-6-4-3-5-7-17/h3-9H,2,10-13H2,1H3,(H,21,22). The molecule has 7 heteroatoms. The van der Waals surface area contributed by atoms with Gasteiger partial charge in [0.25, 0.3) is 0 Å². The highest BCUT2D eigenvalue weighted by Crippen LogP contribution is 2.32. The molecule has 3 rings (SSSR count). The van der Waals surface area contributed by atoms with Crippen LogP contribution >= 0.6 is 11.8 Å². The van der Waals surface area contributed by atoms with Gasteiger partial charge in [-0.25, -0.2) is 4.79 Å². The Balaban J connectivity index is 1.65. The van der Waals surface area contributed by atoms with Gasteiger partial charge in [-0.2, -0.15) is 0 Å². The first-order valence-corrected chi connectivity index (χ1v) is 9.79. The molecule has 0 aliphatic carbocycles. The van der Waals surface area contributed by atoms with Crippen molar-refractivity contribution in [2.75, 3.05) is 24.5 Å². The van der Waals surface area contributed by atoms with Gasteiger partial charge >= 0.3 is 5.97 Å². The summed E-state index contributed by atoms with van der Waals surface area (Å²) < 4.78 is 16.0. The van der Waals surface area contributed by atoms with Gasteiger partial charge in [0.2, 0.25) is 5.91 Å². The molecule has 1 heterocycles. The fourth-order valence-corrected chi connectivity index (χ4v) is 3.50. The normalized spacial score (nSPS) is 12.6. The van der Waals surface area contributed by atoms with Gasteiger partial charge in [0.05, 0.1) is 24.5 Å². The lowest BCUT2D eigenvalue weighted by molar-refractivity contribution is -0.113. The van der Waals surface area contributed by atoms with Crippen molar-refractivity contribution in [2.45, 2.75) is 19.3 Å². The Labute approximate surface area is 162 Å². The van der Waals surface area contributed by atoms with Gasteiger partial charge in [-0.1, -0.05) is 18.2 Å². The third kappa shape index (κ3) is 5.24. The number of rotatable bonds is 7. The van der Waals surface area contributed by atoms with Crippen LogP contribution in [0.4, 0.5) is 5.69 Å². The highest BCUT2D eigenvalue weighted by molar-refractivity contribution is 7.99. The molecule has 2 aromatic rings. The smallest absolute Gasteiger partial charge is 0.338 e. The van der Waals surface area contributed by atoms with E-state index in [1.807, 2.05) is 30.3 Å². The molecule has 142 valence electrons. The van der Waals surface area contributed by atoms with E-state index in [1.54, 1.807) is 19.1 Å². The number of nitrogens with one attached hydrogen (secondary N) is 1. The molecule has 0 unspecified atom stereocenters. The molecule has 6 nitrogen and oxygen atoms in total.